The average molecular weight is 360 g/mol. The Morgan fingerprint density at radius 2 is 1.88 bits per heavy atom. The van der Waals surface area contributed by atoms with E-state index in [0.717, 1.165) is 17.5 Å². The predicted molar refractivity (Wildman–Crippen MR) is 99.5 cm³/mol. The summed E-state index contributed by atoms with van der Waals surface area (Å²) in [5, 5.41) is 11.8. The largest absolute Gasteiger partial charge is 0.466 e. The van der Waals surface area contributed by atoms with E-state index < -0.39 is 23.3 Å². The molecule has 1 N–H and O–H groups in total. The molecule has 142 valence electrons. The first-order valence-corrected chi connectivity index (χ1v) is 8.64. The highest BCUT2D eigenvalue weighted by molar-refractivity contribution is 5.83. The van der Waals surface area contributed by atoms with Gasteiger partial charge in [0, 0.05) is 20.3 Å². The molecule has 2 rings (SSSR count). The number of hydrogen-bond acceptors (Lipinski definition) is 5. The number of methoxy groups -OCH3 is 3. The lowest BCUT2D eigenvalue weighted by molar-refractivity contribution is -0.232. The normalized spacial score (nSPS) is 26.2. The summed E-state index contributed by atoms with van der Waals surface area (Å²) in [5.41, 5.74) is 0.589. The van der Waals surface area contributed by atoms with Crippen molar-refractivity contribution in [1.82, 2.24) is 0 Å². The lowest BCUT2D eigenvalue weighted by atomic mass is 9.61. The SMILES string of the molecule is COC(=O)/C=C(C)\C=C\[C@]1(O)c2ccccc2CC[C@]1(C)C(OC)OC. The van der Waals surface area contributed by atoms with Crippen molar-refractivity contribution in [2.24, 2.45) is 5.41 Å². The van der Waals surface area contributed by atoms with Gasteiger partial charge in [-0.25, -0.2) is 4.79 Å². The minimum Gasteiger partial charge on any atom is -0.466 e. The Hall–Kier alpha value is -1.95. The molecule has 0 radical (unpaired) electrons. The first kappa shape index (κ1) is 20.4. The molecule has 2 atom stereocenters. The first-order chi connectivity index (χ1) is 12.3. The second kappa shape index (κ2) is 8.16. The molecule has 0 spiro atoms. The van der Waals surface area contributed by atoms with Crippen molar-refractivity contribution in [3.05, 3.63) is 59.2 Å². The van der Waals surface area contributed by atoms with Crippen LogP contribution < -0.4 is 0 Å². The predicted octanol–water partition coefficient (Wildman–Crippen LogP) is 3.12. The van der Waals surface area contributed by atoms with Gasteiger partial charge in [-0.2, -0.15) is 0 Å². The first-order valence-electron chi connectivity index (χ1n) is 8.64. The molecule has 1 aromatic rings. The van der Waals surface area contributed by atoms with Crippen molar-refractivity contribution in [1.29, 1.82) is 0 Å². The molecule has 1 aliphatic carbocycles. The molecule has 5 nitrogen and oxygen atoms in total. The van der Waals surface area contributed by atoms with Gasteiger partial charge in [0.25, 0.3) is 0 Å². The summed E-state index contributed by atoms with van der Waals surface area (Å²) in [6.45, 7) is 3.75. The van der Waals surface area contributed by atoms with Crippen molar-refractivity contribution in [3.8, 4) is 0 Å². The van der Waals surface area contributed by atoms with Crippen LogP contribution in [0.25, 0.3) is 0 Å². The quantitative estimate of drug-likeness (QED) is 0.365. The summed E-state index contributed by atoms with van der Waals surface area (Å²) in [4.78, 5) is 11.4. The molecule has 0 amide bonds. The highest BCUT2D eigenvalue weighted by Gasteiger charge is 2.54. The van der Waals surface area contributed by atoms with Gasteiger partial charge in [-0.15, -0.1) is 0 Å². The Labute approximate surface area is 155 Å². The van der Waals surface area contributed by atoms with Gasteiger partial charge in [0.2, 0.25) is 0 Å². The minimum absolute atomic E-state index is 0.433. The van der Waals surface area contributed by atoms with Gasteiger partial charge in [0.1, 0.15) is 5.60 Å². The van der Waals surface area contributed by atoms with Crippen LogP contribution in [0.4, 0.5) is 0 Å². The summed E-state index contributed by atoms with van der Waals surface area (Å²) in [5.74, 6) is -0.433. The Kier molecular flexibility index (Phi) is 6.39. The third-order valence-corrected chi connectivity index (χ3v) is 5.29. The Morgan fingerprint density at radius 3 is 2.50 bits per heavy atom. The van der Waals surface area contributed by atoms with Crippen molar-refractivity contribution in [2.75, 3.05) is 21.3 Å². The number of rotatable bonds is 6. The number of aryl methyl sites for hydroxylation is 1. The zero-order chi connectivity index (χ0) is 19.4. The van der Waals surface area contributed by atoms with Gasteiger partial charge < -0.3 is 19.3 Å². The fraction of sp³-hybridized carbons (Fsp3) is 0.476. The molecule has 26 heavy (non-hydrogen) atoms. The molecule has 0 unspecified atom stereocenters. The van der Waals surface area contributed by atoms with E-state index in [2.05, 4.69) is 4.74 Å². The van der Waals surface area contributed by atoms with Gasteiger partial charge in [0.15, 0.2) is 6.29 Å². The van der Waals surface area contributed by atoms with E-state index in [9.17, 15) is 9.90 Å². The van der Waals surface area contributed by atoms with Gasteiger partial charge in [-0.05, 0) is 42.5 Å². The number of fused-ring (bicyclic) bond motifs is 1. The molecule has 1 aliphatic rings. The van der Waals surface area contributed by atoms with Crippen molar-refractivity contribution >= 4 is 5.97 Å². The van der Waals surface area contributed by atoms with E-state index in [1.807, 2.05) is 31.2 Å². The molecule has 0 fully saturated rings. The number of esters is 1. The number of benzene rings is 1. The average Bonchev–Trinajstić information content (AvgIpc) is 2.64. The number of allylic oxidation sites excluding steroid dienone is 2. The number of ether oxygens (including phenoxy) is 3. The summed E-state index contributed by atoms with van der Waals surface area (Å²) >= 11 is 0. The van der Waals surface area contributed by atoms with E-state index in [4.69, 9.17) is 9.47 Å². The summed E-state index contributed by atoms with van der Waals surface area (Å²) in [6.07, 6.45) is 5.77. The van der Waals surface area contributed by atoms with Gasteiger partial charge in [-0.3, -0.25) is 0 Å². The van der Waals surface area contributed by atoms with Crippen LogP contribution in [0.5, 0.6) is 0 Å². The number of carbonyl (C=O) groups is 1. The van der Waals surface area contributed by atoms with Gasteiger partial charge in [-0.1, -0.05) is 37.3 Å². The van der Waals surface area contributed by atoms with E-state index in [1.165, 1.54) is 13.2 Å². The van der Waals surface area contributed by atoms with Crippen LogP contribution >= 0.6 is 0 Å². The van der Waals surface area contributed by atoms with Crippen LogP contribution in [0.3, 0.4) is 0 Å². The highest BCUT2D eigenvalue weighted by Crippen LogP contribution is 2.52. The Balaban J connectivity index is 2.56. The Bertz CT molecular complexity index is 704. The summed E-state index contributed by atoms with van der Waals surface area (Å²) < 4.78 is 15.7. The monoisotopic (exact) mass is 360 g/mol. The maximum Gasteiger partial charge on any atom is 0.330 e. The van der Waals surface area contributed by atoms with E-state index in [0.29, 0.717) is 12.0 Å². The fourth-order valence-corrected chi connectivity index (χ4v) is 3.74. The molecule has 0 bridgehead atoms. The third kappa shape index (κ3) is 3.61. The molecule has 0 heterocycles. The van der Waals surface area contributed by atoms with Crippen molar-refractivity contribution in [3.63, 3.8) is 0 Å². The molecule has 0 saturated heterocycles. The molecular weight excluding hydrogens is 332 g/mol. The molecule has 0 aliphatic heterocycles. The zero-order valence-corrected chi connectivity index (χ0v) is 16.1. The molecule has 0 saturated carbocycles. The van der Waals surface area contributed by atoms with Crippen LogP contribution in [0.15, 0.2) is 48.1 Å². The lowest BCUT2D eigenvalue weighted by Crippen LogP contribution is -2.54. The molecule has 0 aromatic heterocycles. The smallest absolute Gasteiger partial charge is 0.330 e. The number of hydrogen-bond donors (Lipinski definition) is 1. The van der Waals surface area contributed by atoms with Crippen molar-refractivity contribution in [2.45, 2.75) is 38.6 Å². The standard InChI is InChI=1S/C21H28O5/c1-15(14-18(22)24-3)10-13-21(23)17-9-7-6-8-16(17)11-12-20(21,2)19(25-4)26-5/h6-10,13-14,19,23H,11-12H2,1-5H3/b13-10+,15-14-/t20-,21+/m1/s1. The van der Waals surface area contributed by atoms with Crippen LogP contribution in [0.2, 0.25) is 0 Å². The Morgan fingerprint density at radius 1 is 1.23 bits per heavy atom. The molecule has 5 heteroatoms. The summed E-state index contributed by atoms with van der Waals surface area (Å²) in [6, 6.07) is 7.84. The zero-order valence-electron chi connectivity index (χ0n) is 16.1. The number of carbonyl (C=O) groups excluding carboxylic acids is 1. The lowest BCUT2D eigenvalue weighted by Gasteiger charge is -2.50. The van der Waals surface area contributed by atoms with E-state index >= 15 is 0 Å². The second-order valence-electron chi connectivity index (χ2n) is 6.89. The minimum atomic E-state index is -1.32. The van der Waals surface area contributed by atoms with Crippen LogP contribution in [0.1, 0.15) is 31.4 Å². The third-order valence-electron chi connectivity index (χ3n) is 5.29. The van der Waals surface area contributed by atoms with Crippen LogP contribution in [-0.4, -0.2) is 38.7 Å². The maximum absolute atomic E-state index is 11.8. The van der Waals surface area contributed by atoms with E-state index in [-0.39, 0.29) is 0 Å². The molecule has 1 aromatic carbocycles. The van der Waals surface area contributed by atoms with E-state index in [1.54, 1.807) is 33.3 Å². The van der Waals surface area contributed by atoms with Crippen LogP contribution in [0, 0.1) is 5.41 Å². The summed E-state index contributed by atoms with van der Waals surface area (Å²) in [7, 11) is 4.48. The van der Waals surface area contributed by atoms with Gasteiger partial charge >= 0.3 is 5.97 Å². The van der Waals surface area contributed by atoms with Gasteiger partial charge in [0.05, 0.1) is 12.5 Å². The second-order valence-corrected chi connectivity index (χ2v) is 6.89. The highest BCUT2D eigenvalue weighted by atomic mass is 16.7. The van der Waals surface area contributed by atoms with Crippen molar-refractivity contribution < 1.29 is 24.1 Å². The maximum atomic E-state index is 11.8. The topological polar surface area (TPSA) is 65.0 Å². The fourth-order valence-electron chi connectivity index (χ4n) is 3.74. The number of aliphatic hydroxyl groups is 1. The molecular formula is C21H28O5. The van der Waals surface area contributed by atoms with Crippen LogP contribution in [-0.2, 0) is 31.0 Å².